The second-order valence-corrected chi connectivity index (χ2v) is 6.17. The molecule has 3 aromatic rings. The Morgan fingerprint density at radius 3 is 1.92 bits per heavy atom. The minimum absolute atomic E-state index is 0.222. The van der Waals surface area contributed by atoms with Crippen LogP contribution in [0.5, 0.6) is 0 Å². The number of carbonyl (C=O) groups is 2. The van der Waals surface area contributed by atoms with Crippen LogP contribution in [0.25, 0.3) is 10.4 Å². The highest BCUT2D eigenvalue weighted by Crippen LogP contribution is 2.28. The third-order valence-electron chi connectivity index (χ3n) is 3.35. The number of rotatable bonds is 3. The lowest BCUT2D eigenvalue weighted by atomic mass is 10.2. The summed E-state index contributed by atoms with van der Waals surface area (Å²) in [6.07, 6.45) is 0. The topological polar surface area (TPSA) is 58.2 Å². The molecule has 2 amide bonds. The minimum Gasteiger partial charge on any atom is -0.267 e. The van der Waals surface area contributed by atoms with Gasteiger partial charge in [-0.3, -0.25) is 20.4 Å². The maximum Gasteiger partial charge on any atom is 0.279 e. The molecule has 0 radical (unpaired) electrons. The molecular formula is C18H12F2N2O2S. The summed E-state index contributed by atoms with van der Waals surface area (Å²) < 4.78 is 25.8. The number of benzene rings is 2. The second kappa shape index (κ2) is 7.23. The van der Waals surface area contributed by atoms with E-state index in [0.29, 0.717) is 4.88 Å². The molecule has 1 heterocycles. The number of hydrogen-bond acceptors (Lipinski definition) is 3. The molecule has 0 atom stereocenters. The van der Waals surface area contributed by atoms with E-state index in [1.165, 1.54) is 35.6 Å². The molecule has 3 rings (SSSR count). The first-order valence-corrected chi connectivity index (χ1v) is 8.06. The van der Waals surface area contributed by atoms with E-state index in [1.54, 1.807) is 24.3 Å². The van der Waals surface area contributed by atoms with Crippen molar-refractivity contribution in [1.29, 1.82) is 0 Å². The molecule has 2 aromatic carbocycles. The van der Waals surface area contributed by atoms with Crippen LogP contribution in [0.4, 0.5) is 8.78 Å². The van der Waals surface area contributed by atoms with Gasteiger partial charge in [-0.25, -0.2) is 8.78 Å². The fourth-order valence-electron chi connectivity index (χ4n) is 2.08. The van der Waals surface area contributed by atoms with Gasteiger partial charge >= 0.3 is 0 Å². The SMILES string of the molecule is O=C(NNC(=O)c1ccc(-c2ccc(F)cc2)s1)c1ccc(F)cc1. The molecule has 25 heavy (non-hydrogen) atoms. The van der Waals surface area contributed by atoms with Crippen molar-refractivity contribution >= 4 is 23.2 Å². The van der Waals surface area contributed by atoms with Gasteiger partial charge in [0.1, 0.15) is 11.6 Å². The highest BCUT2D eigenvalue weighted by atomic mass is 32.1. The number of hydrogen-bond donors (Lipinski definition) is 2. The fourth-order valence-corrected chi connectivity index (χ4v) is 2.98. The van der Waals surface area contributed by atoms with E-state index >= 15 is 0 Å². The van der Waals surface area contributed by atoms with Crippen molar-refractivity contribution in [3.8, 4) is 10.4 Å². The quantitative estimate of drug-likeness (QED) is 0.700. The molecule has 0 spiro atoms. The molecule has 0 aliphatic carbocycles. The molecule has 0 bridgehead atoms. The summed E-state index contributed by atoms with van der Waals surface area (Å²) in [6.45, 7) is 0. The molecule has 1 aromatic heterocycles. The Morgan fingerprint density at radius 1 is 0.720 bits per heavy atom. The van der Waals surface area contributed by atoms with Crippen LogP contribution in [-0.2, 0) is 0 Å². The first kappa shape index (κ1) is 16.8. The molecule has 0 aliphatic heterocycles. The Bertz CT molecular complexity index is 906. The van der Waals surface area contributed by atoms with Crippen molar-refractivity contribution in [2.24, 2.45) is 0 Å². The van der Waals surface area contributed by atoms with Crippen LogP contribution in [0.2, 0.25) is 0 Å². The van der Waals surface area contributed by atoms with Crippen molar-refractivity contribution in [3.05, 3.63) is 82.7 Å². The maximum absolute atomic E-state index is 13.0. The Hall–Kier alpha value is -3.06. The van der Waals surface area contributed by atoms with Gasteiger partial charge in [-0.2, -0.15) is 0 Å². The van der Waals surface area contributed by atoms with Gasteiger partial charge in [0.05, 0.1) is 4.88 Å². The van der Waals surface area contributed by atoms with Crippen molar-refractivity contribution < 1.29 is 18.4 Å². The number of amides is 2. The lowest BCUT2D eigenvalue weighted by molar-refractivity contribution is 0.0849. The predicted molar refractivity (Wildman–Crippen MR) is 91.0 cm³/mol. The zero-order chi connectivity index (χ0) is 17.8. The summed E-state index contributed by atoms with van der Waals surface area (Å²) in [5.74, 6) is -1.81. The Kier molecular flexibility index (Phi) is 4.85. The fraction of sp³-hybridized carbons (Fsp3) is 0. The molecule has 0 saturated carbocycles. The summed E-state index contributed by atoms with van der Waals surface area (Å²) in [5.41, 5.74) is 5.59. The van der Waals surface area contributed by atoms with E-state index in [9.17, 15) is 18.4 Å². The van der Waals surface area contributed by atoms with Gasteiger partial charge in [-0.1, -0.05) is 12.1 Å². The van der Waals surface area contributed by atoms with E-state index in [1.807, 2.05) is 0 Å². The van der Waals surface area contributed by atoms with E-state index in [2.05, 4.69) is 10.9 Å². The van der Waals surface area contributed by atoms with Gasteiger partial charge in [0.15, 0.2) is 0 Å². The highest BCUT2D eigenvalue weighted by Gasteiger charge is 2.12. The molecule has 0 unspecified atom stereocenters. The molecule has 2 N–H and O–H groups in total. The van der Waals surface area contributed by atoms with Gasteiger partial charge in [0.2, 0.25) is 0 Å². The van der Waals surface area contributed by atoms with Gasteiger partial charge in [-0.15, -0.1) is 11.3 Å². The van der Waals surface area contributed by atoms with Crippen LogP contribution in [0.1, 0.15) is 20.0 Å². The molecule has 0 fully saturated rings. The monoisotopic (exact) mass is 358 g/mol. The minimum atomic E-state index is -0.552. The van der Waals surface area contributed by atoms with Gasteiger partial charge in [-0.05, 0) is 54.1 Å². The summed E-state index contributed by atoms with van der Waals surface area (Å²) in [4.78, 5) is 25.2. The molecule has 7 heteroatoms. The lowest BCUT2D eigenvalue weighted by Gasteiger charge is -2.06. The average molecular weight is 358 g/mol. The zero-order valence-corrected chi connectivity index (χ0v) is 13.6. The molecule has 126 valence electrons. The van der Waals surface area contributed by atoms with Gasteiger partial charge < -0.3 is 0 Å². The number of nitrogens with one attached hydrogen (secondary N) is 2. The highest BCUT2D eigenvalue weighted by molar-refractivity contribution is 7.17. The average Bonchev–Trinajstić information content (AvgIpc) is 3.11. The molecule has 4 nitrogen and oxygen atoms in total. The first-order valence-electron chi connectivity index (χ1n) is 7.25. The molecule has 0 aliphatic rings. The van der Waals surface area contributed by atoms with Crippen LogP contribution in [0.15, 0.2) is 60.7 Å². The van der Waals surface area contributed by atoms with Crippen LogP contribution < -0.4 is 10.9 Å². The van der Waals surface area contributed by atoms with Crippen molar-refractivity contribution in [2.45, 2.75) is 0 Å². The Balaban J connectivity index is 1.63. The van der Waals surface area contributed by atoms with Gasteiger partial charge in [0.25, 0.3) is 11.8 Å². The smallest absolute Gasteiger partial charge is 0.267 e. The predicted octanol–water partition coefficient (Wildman–Crippen LogP) is 3.77. The standard InChI is InChI=1S/C18H12F2N2O2S/c19-13-5-1-11(2-6-13)15-9-10-16(25-15)18(24)22-21-17(23)12-3-7-14(20)8-4-12/h1-10H,(H,21,23)(H,22,24). The second-order valence-electron chi connectivity index (χ2n) is 5.09. The lowest BCUT2D eigenvalue weighted by Crippen LogP contribution is -2.41. The van der Waals surface area contributed by atoms with Crippen molar-refractivity contribution in [1.82, 2.24) is 10.9 Å². The van der Waals surface area contributed by atoms with Crippen LogP contribution in [-0.4, -0.2) is 11.8 Å². The summed E-state index contributed by atoms with van der Waals surface area (Å²) in [7, 11) is 0. The van der Waals surface area contributed by atoms with E-state index < -0.39 is 17.6 Å². The maximum atomic E-state index is 13.0. The number of hydrazine groups is 1. The third kappa shape index (κ3) is 4.07. The van der Waals surface area contributed by atoms with Crippen LogP contribution in [0.3, 0.4) is 0 Å². The van der Waals surface area contributed by atoms with Crippen LogP contribution >= 0.6 is 11.3 Å². The Morgan fingerprint density at radius 2 is 1.28 bits per heavy atom. The number of halogens is 2. The zero-order valence-electron chi connectivity index (χ0n) is 12.8. The van der Waals surface area contributed by atoms with Crippen molar-refractivity contribution in [3.63, 3.8) is 0 Å². The van der Waals surface area contributed by atoms with E-state index in [0.717, 1.165) is 22.6 Å². The van der Waals surface area contributed by atoms with E-state index in [4.69, 9.17) is 0 Å². The summed E-state index contributed by atoms with van der Waals surface area (Å²) in [5, 5.41) is 0. The summed E-state index contributed by atoms with van der Waals surface area (Å²) >= 11 is 1.21. The van der Waals surface area contributed by atoms with Crippen molar-refractivity contribution in [2.75, 3.05) is 0 Å². The molecular weight excluding hydrogens is 346 g/mol. The van der Waals surface area contributed by atoms with Gasteiger partial charge in [0, 0.05) is 10.4 Å². The number of thiophene rings is 1. The number of carbonyl (C=O) groups excluding carboxylic acids is 2. The van der Waals surface area contributed by atoms with E-state index in [-0.39, 0.29) is 11.4 Å². The Labute approximate surface area is 146 Å². The molecule has 0 saturated heterocycles. The summed E-state index contributed by atoms with van der Waals surface area (Å²) in [6, 6.07) is 14.2. The first-order chi connectivity index (χ1) is 12.0. The van der Waals surface area contributed by atoms with Crippen LogP contribution in [0, 0.1) is 11.6 Å². The largest absolute Gasteiger partial charge is 0.279 e. The third-order valence-corrected chi connectivity index (χ3v) is 4.49. The normalized spacial score (nSPS) is 10.3.